The van der Waals surface area contributed by atoms with Crippen LogP contribution in [0.25, 0.3) is 0 Å². The molecule has 28 heavy (non-hydrogen) atoms. The first-order valence-electron chi connectivity index (χ1n) is 12.3. The van der Waals surface area contributed by atoms with E-state index in [1.165, 1.54) is 77.0 Å². The second-order valence-corrected chi connectivity index (χ2v) is 12.3. The Bertz CT molecular complexity index is 672. The first-order chi connectivity index (χ1) is 13.6. The fourth-order valence-electron chi connectivity index (χ4n) is 10.3. The third-order valence-electron chi connectivity index (χ3n) is 10.4. The molecular formula is C27H36O. The quantitative estimate of drug-likeness (QED) is 0.575. The van der Waals surface area contributed by atoms with E-state index in [9.17, 15) is 0 Å². The lowest BCUT2D eigenvalue weighted by atomic mass is 9.46. The molecule has 8 bridgehead atoms. The first-order valence-corrected chi connectivity index (χ1v) is 12.3. The topological polar surface area (TPSA) is 9.23 Å². The maximum Gasteiger partial charge on any atom is 0.119 e. The lowest BCUT2D eigenvalue weighted by Gasteiger charge is -2.58. The summed E-state index contributed by atoms with van der Waals surface area (Å²) >= 11 is 0. The molecule has 0 atom stereocenters. The molecule has 0 saturated heterocycles. The zero-order chi connectivity index (χ0) is 18.5. The fourth-order valence-corrected chi connectivity index (χ4v) is 10.3. The SMILES string of the molecule is COc1cc(C23CC4CC(CC(C4)C2)C3)cc(C23CC4CC(CC(C4)C2)C3)c1. The number of ether oxygens (including phenoxy) is 1. The molecule has 8 aliphatic rings. The van der Waals surface area contributed by atoms with E-state index in [4.69, 9.17) is 4.74 Å². The maximum atomic E-state index is 5.92. The maximum absolute atomic E-state index is 5.92. The second-order valence-electron chi connectivity index (χ2n) is 12.3. The van der Waals surface area contributed by atoms with Gasteiger partial charge in [0.2, 0.25) is 0 Å². The van der Waals surface area contributed by atoms with Gasteiger partial charge in [0.1, 0.15) is 5.75 Å². The van der Waals surface area contributed by atoms with Gasteiger partial charge in [0.05, 0.1) is 7.11 Å². The molecule has 1 aromatic rings. The molecule has 1 heteroatoms. The minimum atomic E-state index is 0.486. The molecule has 1 aromatic carbocycles. The highest BCUT2D eigenvalue weighted by Gasteiger charge is 2.54. The summed E-state index contributed by atoms with van der Waals surface area (Å²) in [5.41, 5.74) is 4.33. The number of benzene rings is 1. The first kappa shape index (κ1) is 16.8. The smallest absolute Gasteiger partial charge is 0.119 e. The molecule has 0 aliphatic heterocycles. The monoisotopic (exact) mass is 376 g/mol. The van der Waals surface area contributed by atoms with Crippen molar-refractivity contribution in [3.05, 3.63) is 29.3 Å². The fraction of sp³-hybridized carbons (Fsp3) is 0.778. The zero-order valence-corrected chi connectivity index (χ0v) is 17.6. The van der Waals surface area contributed by atoms with Crippen molar-refractivity contribution in [3.63, 3.8) is 0 Å². The number of hydrogen-bond acceptors (Lipinski definition) is 1. The van der Waals surface area contributed by atoms with Crippen molar-refractivity contribution in [2.45, 2.75) is 87.9 Å². The highest BCUT2D eigenvalue weighted by molar-refractivity contribution is 5.44. The normalized spacial score (nSPS) is 50.3. The third kappa shape index (κ3) is 2.31. The average molecular weight is 377 g/mol. The van der Waals surface area contributed by atoms with E-state index in [1.54, 1.807) is 11.1 Å². The van der Waals surface area contributed by atoms with Crippen LogP contribution in [-0.4, -0.2) is 7.11 Å². The molecule has 9 rings (SSSR count). The van der Waals surface area contributed by atoms with Crippen molar-refractivity contribution in [3.8, 4) is 5.75 Å². The van der Waals surface area contributed by atoms with Crippen molar-refractivity contribution < 1.29 is 4.74 Å². The average Bonchev–Trinajstić information content (AvgIpc) is 2.65. The van der Waals surface area contributed by atoms with Crippen LogP contribution in [0.15, 0.2) is 18.2 Å². The Hall–Kier alpha value is -0.980. The van der Waals surface area contributed by atoms with Crippen LogP contribution in [0, 0.1) is 35.5 Å². The van der Waals surface area contributed by atoms with E-state index in [0.29, 0.717) is 10.8 Å². The molecule has 8 aliphatic carbocycles. The number of hydrogen-bond donors (Lipinski definition) is 0. The molecule has 0 aromatic heterocycles. The van der Waals surface area contributed by atoms with Crippen molar-refractivity contribution in [2.24, 2.45) is 35.5 Å². The van der Waals surface area contributed by atoms with Gasteiger partial charge in [-0.05, 0) is 147 Å². The van der Waals surface area contributed by atoms with Crippen molar-refractivity contribution >= 4 is 0 Å². The van der Waals surface area contributed by atoms with Crippen LogP contribution in [0.1, 0.15) is 88.2 Å². The Labute approximate surface area is 170 Å². The van der Waals surface area contributed by atoms with Gasteiger partial charge in [-0.2, -0.15) is 0 Å². The van der Waals surface area contributed by atoms with Crippen molar-refractivity contribution in [1.29, 1.82) is 0 Å². The van der Waals surface area contributed by atoms with Crippen LogP contribution in [0.2, 0.25) is 0 Å². The van der Waals surface area contributed by atoms with Crippen LogP contribution >= 0.6 is 0 Å². The molecule has 150 valence electrons. The summed E-state index contributed by atoms with van der Waals surface area (Å²) < 4.78 is 5.92. The van der Waals surface area contributed by atoms with Crippen molar-refractivity contribution in [2.75, 3.05) is 7.11 Å². The summed E-state index contributed by atoms with van der Waals surface area (Å²) in [7, 11) is 1.89. The minimum Gasteiger partial charge on any atom is -0.497 e. The molecular weight excluding hydrogens is 340 g/mol. The van der Waals surface area contributed by atoms with Gasteiger partial charge in [0, 0.05) is 0 Å². The Kier molecular flexibility index (Phi) is 3.34. The van der Waals surface area contributed by atoms with Gasteiger partial charge >= 0.3 is 0 Å². The van der Waals surface area contributed by atoms with Crippen LogP contribution in [0.5, 0.6) is 5.75 Å². The Morgan fingerprint density at radius 1 is 0.571 bits per heavy atom. The largest absolute Gasteiger partial charge is 0.497 e. The van der Waals surface area contributed by atoms with Crippen LogP contribution in [-0.2, 0) is 10.8 Å². The summed E-state index contributed by atoms with van der Waals surface area (Å²) in [6, 6.07) is 7.64. The molecule has 0 amide bonds. The van der Waals surface area contributed by atoms with E-state index in [-0.39, 0.29) is 0 Å². The molecule has 8 fully saturated rings. The van der Waals surface area contributed by atoms with Crippen LogP contribution < -0.4 is 4.74 Å². The third-order valence-corrected chi connectivity index (χ3v) is 10.4. The van der Waals surface area contributed by atoms with Crippen LogP contribution in [0.4, 0.5) is 0 Å². The molecule has 8 saturated carbocycles. The van der Waals surface area contributed by atoms with E-state index < -0.39 is 0 Å². The molecule has 0 radical (unpaired) electrons. The van der Waals surface area contributed by atoms with Gasteiger partial charge in [-0.1, -0.05) is 6.07 Å². The highest BCUT2D eigenvalue weighted by Crippen LogP contribution is 2.63. The summed E-state index contributed by atoms with van der Waals surface area (Å²) in [6.07, 6.45) is 18.0. The van der Waals surface area contributed by atoms with Gasteiger partial charge in [-0.3, -0.25) is 0 Å². The Balaban J connectivity index is 1.32. The molecule has 0 spiro atoms. The lowest BCUT2D eigenvalue weighted by Crippen LogP contribution is -2.50. The Morgan fingerprint density at radius 2 is 0.893 bits per heavy atom. The van der Waals surface area contributed by atoms with E-state index >= 15 is 0 Å². The van der Waals surface area contributed by atoms with Gasteiger partial charge in [0.15, 0.2) is 0 Å². The predicted molar refractivity (Wildman–Crippen MR) is 113 cm³/mol. The van der Waals surface area contributed by atoms with Gasteiger partial charge in [0.25, 0.3) is 0 Å². The number of methoxy groups -OCH3 is 1. The molecule has 0 N–H and O–H groups in total. The van der Waals surface area contributed by atoms with Gasteiger partial charge < -0.3 is 4.74 Å². The summed E-state index contributed by atoms with van der Waals surface area (Å²) in [5.74, 6) is 7.24. The summed E-state index contributed by atoms with van der Waals surface area (Å²) in [6.45, 7) is 0. The van der Waals surface area contributed by atoms with E-state index in [0.717, 1.165) is 41.3 Å². The predicted octanol–water partition coefficient (Wildman–Crippen LogP) is 6.63. The minimum absolute atomic E-state index is 0.486. The molecule has 0 unspecified atom stereocenters. The Morgan fingerprint density at radius 3 is 1.18 bits per heavy atom. The van der Waals surface area contributed by atoms with Gasteiger partial charge in [-0.15, -0.1) is 0 Å². The molecule has 0 heterocycles. The standard InChI is InChI=1S/C27H36O/c1-28-25-9-23(26-11-17-2-18(12-26)4-19(3-17)13-26)8-24(10-25)27-14-20-5-21(15-27)7-22(6-20)16-27/h8-10,17-22H,2-7,11-16H2,1H3. The summed E-state index contributed by atoms with van der Waals surface area (Å²) in [5, 5.41) is 0. The zero-order valence-electron chi connectivity index (χ0n) is 17.6. The number of rotatable bonds is 3. The second kappa shape index (κ2) is 5.58. The van der Waals surface area contributed by atoms with Gasteiger partial charge in [-0.25, -0.2) is 0 Å². The highest BCUT2D eigenvalue weighted by atomic mass is 16.5. The van der Waals surface area contributed by atoms with E-state index in [1.807, 2.05) is 7.11 Å². The summed E-state index contributed by atoms with van der Waals surface area (Å²) in [4.78, 5) is 0. The lowest BCUT2D eigenvalue weighted by molar-refractivity contribution is -0.00852. The van der Waals surface area contributed by atoms with Crippen molar-refractivity contribution in [1.82, 2.24) is 0 Å². The molecule has 1 nitrogen and oxygen atoms in total. The van der Waals surface area contributed by atoms with E-state index in [2.05, 4.69) is 18.2 Å². The van der Waals surface area contributed by atoms with Crippen LogP contribution in [0.3, 0.4) is 0 Å².